The molecule has 0 aliphatic heterocycles. The van der Waals surface area contributed by atoms with Crippen LogP contribution in [-0.2, 0) is 15.3 Å². The number of aliphatic carboxylic acids is 1. The zero-order chi connectivity index (χ0) is 14.5. The molecule has 0 unspecified atom stereocenters. The van der Waals surface area contributed by atoms with Gasteiger partial charge in [0, 0.05) is 18.4 Å². The molecule has 20 heavy (non-hydrogen) atoms. The van der Waals surface area contributed by atoms with E-state index in [0.29, 0.717) is 11.5 Å². The Labute approximate surface area is 124 Å². The van der Waals surface area contributed by atoms with Gasteiger partial charge in [-0.25, -0.2) is 9.78 Å². The van der Waals surface area contributed by atoms with E-state index in [1.54, 1.807) is 11.3 Å². The summed E-state index contributed by atoms with van der Waals surface area (Å²) in [6.45, 7) is 1.31. The van der Waals surface area contributed by atoms with Crippen LogP contribution >= 0.6 is 23.1 Å². The minimum atomic E-state index is -1.02. The molecule has 0 spiro atoms. The number of hydrogen-bond acceptors (Lipinski definition) is 5. The minimum absolute atomic E-state index is 0.324. The Hall–Kier alpha value is -1.60. The SMILES string of the molecule is CC(=O)N[C@@H](CSCc1nc2ccccc2s1)C(=O)O. The van der Waals surface area contributed by atoms with Crippen molar-refractivity contribution in [1.29, 1.82) is 0 Å². The molecule has 1 aromatic heterocycles. The fourth-order valence-electron chi connectivity index (χ4n) is 1.67. The number of thiazole rings is 1. The molecule has 0 aliphatic rings. The number of carboxylic acids is 1. The first-order valence-corrected chi connectivity index (χ1v) is 7.95. The number of para-hydroxylation sites is 1. The van der Waals surface area contributed by atoms with Crippen molar-refractivity contribution in [1.82, 2.24) is 10.3 Å². The molecule has 0 aliphatic carbocycles. The van der Waals surface area contributed by atoms with Gasteiger partial charge in [0.15, 0.2) is 0 Å². The number of rotatable bonds is 6. The normalized spacial score (nSPS) is 12.2. The zero-order valence-corrected chi connectivity index (χ0v) is 12.5. The molecule has 1 heterocycles. The molecule has 0 radical (unpaired) electrons. The summed E-state index contributed by atoms with van der Waals surface area (Å²) in [5.74, 6) is -0.386. The lowest BCUT2D eigenvalue weighted by molar-refractivity contribution is -0.140. The highest BCUT2D eigenvalue weighted by molar-refractivity contribution is 7.98. The summed E-state index contributed by atoms with van der Waals surface area (Å²) in [5.41, 5.74) is 0.963. The predicted molar refractivity (Wildman–Crippen MR) is 81.0 cm³/mol. The lowest BCUT2D eigenvalue weighted by Crippen LogP contribution is -2.41. The Morgan fingerprint density at radius 1 is 1.45 bits per heavy atom. The molecule has 0 saturated carbocycles. The maximum Gasteiger partial charge on any atom is 0.327 e. The zero-order valence-electron chi connectivity index (χ0n) is 10.8. The quantitative estimate of drug-likeness (QED) is 0.854. The summed E-state index contributed by atoms with van der Waals surface area (Å²) in [6.07, 6.45) is 0. The molecule has 0 saturated heterocycles. The smallest absolute Gasteiger partial charge is 0.327 e. The van der Waals surface area contributed by atoms with Crippen molar-refractivity contribution in [2.45, 2.75) is 18.7 Å². The van der Waals surface area contributed by atoms with Gasteiger partial charge in [0.05, 0.1) is 10.2 Å². The number of hydrogen-bond donors (Lipinski definition) is 2. The van der Waals surface area contributed by atoms with Crippen LogP contribution in [0.5, 0.6) is 0 Å². The molecule has 1 aromatic carbocycles. The number of benzene rings is 1. The molecule has 0 fully saturated rings. The number of fused-ring (bicyclic) bond motifs is 1. The maximum absolute atomic E-state index is 11.0. The van der Waals surface area contributed by atoms with Gasteiger partial charge < -0.3 is 10.4 Å². The van der Waals surface area contributed by atoms with Crippen LogP contribution in [0.4, 0.5) is 0 Å². The third-order valence-corrected chi connectivity index (χ3v) is 4.79. The van der Waals surface area contributed by atoms with Gasteiger partial charge in [-0.1, -0.05) is 12.1 Å². The number of carboxylic acid groups (broad SMARTS) is 1. The second kappa shape index (κ2) is 6.71. The average molecular weight is 310 g/mol. The van der Waals surface area contributed by atoms with Crippen LogP contribution in [0.2, 0.25) is 0 Å². The van der Waals surface area contributed by atoms with Gasteiger partial charge in [-0.15, -0.1) is 11.3 Å². The van der Waals surface area contributed by atoms with E-state index in [1.165, 1.54) is 18.7 Å². The first kappa shape index (κ1) is 14.8. The first-order chi connectivity index (χ1) is 9.56. The molecular formula is C13H14N2O3S2. The summed E-state index contributed by atoms with van der Waals surface area (Å²) >= 11 is 3.06. The molecule has 2 aromatic rings. The fraction of sp³-hybridized carbons (Fsp3) is 0.308. The molecule has 1 amide bonds. The van der Waals surface area contributed by atoms with Crippen molar-refractivity contribution < 1.29 is 14.7 Å². The van der Waals surface area contributed by atoms with Gasteiger partial charge in [-0.3, -0.25) is 4.79 Å². The Morgan fingerprint density at radius 3 is 2.85 bits per heavy atom. The molecule has 1 atom stereocenters. The van der Waals surface area contributed by atoms with Crippen molar-refractivity contribution in [2.75, 3.05) is 5.75 Å². The highest BCUT2D eigenvalue weighted by atomic mass is 32.2. The molecule has 5 nitrogen and oxygen atoms in total. The molecule has 106 valence electrons. The lowest BCUT2D eigenvalue weighted by atomic mass is 10.3. The highest BCUT2D eigenvalue weighted by Crippen LogP contribution is 2.24. The van der Waals surface area contributed by atoms with E-state index >= 15 is 0 Å². The van der Waals surface area contributed by atoms with E-state index in [9.17, 15) is 9.59 Å². The number of nitrogens with zero attached hydrogens (tertiary/aromatic N) is 1. The highest BCUT2D eigenvalue weighted by Gasteiger charge is 2.18. The van der Waals surface area contributed by atoms with Gasteiger partial charge >= 0.3 is 5.97 Å². The van der Waals surface area contributed by atoms with Gasteiger partial charge in [-0.2, -0.15) is 11.8 Å². The molecular weight excluding hydrogens is 296 g/mol. The van der Waals surface area contributed by atoms with Crippen LogP contribution in [0.3, 0.4) is 0 Å². The van der Waals surface area contributed by atoms with Gasteiger partial charge in [0.2, 0.25) is 5.91 Å². The average Bonchev–Trinajstić information content (AvgIpc) is 2.79. The largest absolute Gasteiger partial charge is 0.480 e. The topological polar surface area (TPSA) is 79.3 Å². The predicted octanol–water partition coefficient (Wildman–Crippen LogP) is 2.12. The third-order valence-electron chi connectivity index (χ3n) is 2.52. The van der Waals surface area contributed by atoms with E-state index in [-0.39, 0.29) is 5.91 Å². The van der Waals surface area contributed by atoms with Crippen LogP contribution in [0.15, 0.2) is 24.3 Å². The number of aromatic nitrogens is 1. The summed E-state index contributed by atoms with van der Waals surface area (Å²) in [6, 6.07) is 7.02. The third kappa shape index (κ3) is 3.94. The monoisotopic (exact) mass is 310 g/mol. The van der Waals surface area contributed by atoms with E-state index in [1.807, 2.05) is 24.3 Å². The maximum atomic E-state index is 11.0. The van der Waals surface area contributed by atoms with Crippen molar-refractivity contribution in [2.24, 2.45) is 0 Å². The summed E-state index contributed by atoms with van der Waals surface area (Å²) in [5, 5.41) is 12.4. The Balaban J connectivity index is 1.91. The summed E-state index contributed by atoms with van der Waals surface area (Å²) in [4.78, 5) is 26.4. The number of thioether (sulfide) groups is 1. The second-order valence-corrected chi connectivity index (χ2v) is 6.33. The van der Waals surface area contributed by atoms with E-state index in [0.717, 1.165) is 15.2 Å². The minimum Gasteiger partial charge on any atom is -0.480 e. The summed E-state index contributed by atoms with van der Waals surface area (Å²) < 4.78 is 1.12. The fourth-order valence-corrected chi connectivity index (χ4v) is 3.73. The summed E-state index contributed by atoms with van der Waals surface area (Å²) in [7, 11) is 0. The second-order valence-electron chi connectivity index (χ2n) is 4.18. The van der Waals surface area contributed by atoms with Gasteiger partial charge in [0.1, 0.15) is 11.0 Å². The standard InChI is InChI=1S/C13H14N2O3S2/c1-8(16)14-10(13(17)18)6-19-7-12-15-9-4-2-3-5-11(9)20-12/h2-5,10H,6-7H2,1H3,(H,14,16)(H,17,18)/t10-/m0/s1. The van der Waals surface area contributed by atoms with Crippen LogP contribution in [0.25, 0.3) is 10.2 Å². The molecule has 7 heteroatoms. The molecule has 0 bridgehead atoms. The first-order valence-electron chi connectivity index (χ1n) is 5.98. The van der Waals surface area contributed by atoms with Crippen LogP contribution in [-0.4, -0.2) is 33.8 Å². The van der Waals surface area contributed by atoms with Crippen LogP contribution < -0.4 is 5.32 Å². The van der Waals surface area contributed by atoms with Crippen LogP contribution in [0.1, 0.15) is 11.9 Å². The van der Waals surface area contributed by atoms with Gasteiger partial charge in [-0.05, 0) is 12.1 Å². The lowest BCUT2D eigenvalue weighted by Gasteiger charge is -2.11. The Kier molecular flexibility index (Phi) is 4.97. The van der Waals surface area contributed by atoms with Crippen molar-refractivity contribution in [3.05, 3.63) is 29.3 Å². The Morgan fingerprint density at radius 2 is 2.20 bits per heavy atom. The van der Waals surface area contributed by atoms with Crippen molar-refractivity contribution in [3.8, 4) is 0 Å². The molecule has 2 rings (SSSR count). The number of amides is 1. The Bertz CT molecular complexity index is 594. The number of carbonyl (C=O) groups is 2. The molecule has 2 N–H and O–H groups in total. The number of nitrogens with one attached hydrogen (secondary N) is 1. The van der Waals surface area contributed by atoms with Crippen LogP contribution in [0, 0.1) is 0 Å². The van der Waals surface area contributed by atoms with Crippen molar-refractivity contribution in [3.63, 3.8) is 0 Å². The van der Waals surface area contributed by atoms with Gasteiger partial charge in [0.25, 0.3) is 0 Å². The van der Waals surface area contributed by atoms with E-state index < -0.39 is 12.0 Å². The number of carbonyl (C=O) groups excluding carboxylic acids is 1. The van der Waals surface area contributed by atoms with Crippen molar-refractivity contribution >= 4 is 45.2 Å². The van der Waals surface area contributed by atoms with E-state index in [4.69, 9.17) is 5.11 Å². The van der Waals surface area contributed by atoms with E-state index in [2.05, 4.69) is 10.3 Å².